The predicted molar refractivity (Wildman–Crippen MR) is 80.9 cm³/mol. The lowest BCUT2D eigenvalue weighted by Crippen LogP contribution is -2.51. The van der Waals surface area contributed by atoms with Crippen molar-refractivity contribution < 1.29 is 0 Å². The van der Waals surface area contributed by atoms with Gasteiger partial charge in [-0.3, -0.25) is 4.90 Å². The van der Waals surface area contributed by atoms with E-state index in [1.54, 1.807) is 0 Å². The highest BCUT2D eigenvalue weighted by Gasteiger charge is 2.24. The van der Waals surface area contributed by atoms with E-state index in [4.69, 9.17) is 0 Å². The second kappa shape index (κ2) is 5.77. The van der Waals surface area contributed by atoms with Crippen molar-refractivity contribution in [3.8, 4) is 0 Å². The maximum Gasteiger partial charge on any atom is 0.185 e. The first-order valence-electron chi connectivity index (χ1n) is 7.43. The highest BCUT2D eigenvalue weighted by molar-refractivity contribution is 7.15. The largest absolute Gasteiger partial charge is 0.345 e. The number of anilines is 1. The van der Waals surface area contributed by atoms with Crippen LogP contribution in [0.2, 0.25) is 0 Å². The van der Waals surface area contributed by atoms with Gasteiger partial charge in [-0.05, 0) is 26.3 Å². The first-order chi connectivity index (χ1) is 9.26. The zero-order chi connectivity index (χ0) is 13.2. The van der Waals surface area contributed by atoms with Crippen LogP contribution in [-0.4, -0.2) is 48.1 Å². The second-order valence-electron chi connectivity index (χ2n) is 5.69. The van der Waals surface area contributed by atoms with E-state index in [9.17, 15) is 0 Å². The van der Waals surface area contributed by atoms with Crippen molar-refractivity contribution in [2.45, 2.75) is 45.3 Å². The van der Waals surface area contributed by atoms with Crippen LogP contribution in [0, 0.1) is 0 Å². The Morgan fingerprint density at radius 2 is 2.26 bits per heavy atom. The van der Waals surface area contributed by atoms with Gasteiger partial charge in [0.1, 0.15) is 0 Å². The molecule has 1 saturated heterocycles. The van der Waals surface area contributed by atoms with Gasteiger partial charge in [0.2, 0.25) is 0 Å². The highest BCUT2D eigenvalue weighted by atomic mass is 32.1. The molecule has 1 aromatic rings. The van der Waals surface area contributed by atoms with Gasteiger partial charge in [-0.25, -0.2) is 4.98 Å². The maximum atomic E-state index is 4.61. The minimum atomic E-state index is 0.635. The van der Waals surface area contributed by atoms with Gasteiger partial charge < -0.3 is 10.2 Å². The summed E-state index contributed by atoms with van der Waals surface area (Å²) in [4.78, 5) is 11.0. The van der Waals surface area contributed by atoms with Crippen LogP contribution in [0.25, 0.3) is 0 Å². The SMILES string of the molecule is CCN1CCN(c2ncc(CNC3CC3)s2)CC1C. The van der Waals surface area contributed by atoms with E-state index in [-0.39, 0.29) is 0 Å². The number of nitrogens with one attached hydrogen (secondary N) is 1. The molecule has 106 valence electrons. The fourth-order valence-corrected chi connectivity index (χ4v) is 3.59. The Hall–Kier alpha value is -0.650. The van der Waals surface area contributed by atoms with E-state index in [1.165, 1.54) is 22.9 Å². The molecular formula is C14H24N4S. The van der Waals surface area contributed by atoms with Crippen molar-refractivity contribution in [1.29, 1.82) is 0 Å². The molecule has 1 aliphatic heterocycles. The monoisotopic (exact) mass is 280 g/mol. The van der Waals surface area contributed by atoms with E-state index >= 15 is 0 Å². The lowest BCUT2D eigenvalue weighted by molar-refractivity contribution is 0.199. The number of aromatic nitrogens is 1. The molecule has 1 N–H and O–H groups in total. The predicted octanol–water partition coefficient (Wildman–Crippen LogP) is 1.93. The minimum Gasteiger partial charge on any atom is -0.345 e. The minimum absolute atomic E-state index is 0.635. The summed E-state index contributed by atoms with van der Waals surface area (Å²) in [5.41, 5.74) is 0. The van der Waals surface area contributed by atoms with Gasteiger partial charge in [-0.2, -0.15) is 0 Å². The summed E-state index contributed by atoms with van der Waals surface area (Å²) in [6.07, 6.45) is 4.75. The summed E-state index contributed by atoms with van der Waals surface area (Å²) in [6.45, 7) is 10.1. The molecule has 0 bridgehead atoms. The summed E-state index contributed by atoms with van der Waals surface area (Å²) in [7, 11) is 0. The summed E-state index contributed by atoms with van der Waals surface area (Å²) in [5, 5.41) is 4.76. The van der Waals surface area contributed by atoms with E-state index in [1.807, 2.05) is 17.5 Å². The first kappa shape index (κ1) is 13.3. The van der Waals surface area contributed by atoms with Crippen LogP contribution < -0.4 is 10.2 Å². The number of likely N-dealkylation sites (N-methyl/N-ethyl adjacent to an activating group) is 1. The van der Waals surface area contributed by atoms with Crippen molar-refractivity contribution in [2.75, 3.05) is 31.1 Å². The molecule has 1 aliphatic carbocycles. The number of nitrogens with zero attached hydrogens (tertiary/aromatic N) is 3. The molecule has 5 heteroatoms. The van der Waals surface area contributed by atoms with Gasteiger partial charge in [0.05, 0.1) is 0 Å². The van der Waals surface area contributed by atoms with Crippen LogP contribution >= 0.6 is 11.3 Å². The normalized spacial score (nSPS) is 24.9. The molecule has 19 heavy (non-hydrogen) atoms. The quantitative estimate of drug-likeness (QED) is 0.893. The van der Waals surface area contributed by atoms with Crippen LogP contribution in [0.1, 0.15) is 31.6 Å². The zero-order valence-electron chi connectivity index (χ0n) is 11.9. The third-order valence-corrected chi connectivity index (χ3v) is 5.18. The molecule has 2 aliphatic rings. The lowest BCUT2D eigenvalue weighted by Gasteiger charge is -2.39. The topological polar surface area (TPSA) is 31.4 Å². The van der Waals surface area contributed by atoms with Crippen LogP contribution in [0.3, 0.4) is 0 Å². The summed E-state index contributed by atoms with van der Waals surface area (Å²) in [6, 6.07) is 1.41. The molecule has 3 rings (SSSR count). The molecule has 2 heterocycles. The molecule has 1 saturated carbocycles. The molecule has 4 nitrogen and oxygen atoms in total. The Morgan fingerprint density at radius 3 is 2.95 bits per heavy atom. The van der Waals surface area contributed by atoms with Crippen LogP contribution in [0.15, 0.2) is 6.20 Å². The second-order valence-corrected chi connectivity index (χ2v) is 6.78. The summed E-state index contributed by atoms with van der Waals surface area (Å²) >= 11 is 1.85. The van der Waals surface area contributed by atoms with Gasteiger partial charge in [-0.15, -0.1) is 11.3 Å². The molecule has 1 aromatic heterocycles. The van der Waals surface area contributed by atoms with E-state index in [0.29, 0.717) is 6.04 Å². The first-order valence-corrected chi connectivity index (χ1v) is 8.25. The lowest BCUT2D eigenvalue weighted by atomic mass is 10.2. The van der Waals surface area contributed by atoms with Crippen molar-refractivity contribution in [1.82, 2.24) is 15.2 Å². The average molecular weight is 280 g/mol. The molecule has 1 atom stereocenters. The third-order valence-electron chi connectivity index (χ3n) is 4.13. The van der Waals surface area contributed by atoms with E-state index < -0.39 is 0 Å². The van der Waals surface area contributed by atoms with Gasteiger partial charge in [-0.1, -0.05) is 6.92 Å². The van der Waals surface area contributed by atoms with Gasteiger partial charge in [0.25, 0.3) is 0 Å². The van der Waals surface area contributed by atoms with Crippen molar-refractivity contribution in [2.24, 2.45) is 0 Å². The van der Waals surface area contributed by atoms with Crippen LogP contribution in [0.4, 0.5) is 5.13 Å². The molecule has 0 amide bonds. The van der Waals surface area contributed by atoms with Crippen molar-refractivity contribution in [3.63, 3.8) is 0 Å². The zero-order valence-corrected chi connectivity index (χ0v) is 12.7. The molecule has 0 radical (unpaired) electrons. The van der Waals surface area contributed by atoms with Crippen LogP contribution in [-0.2, 0) is 6.54 Å². The number of piperazine rings is 1. The fraction of sp³-hybridized carbons (Fsp3) is 0.786. The molecular weight excluding hydrogens is 256 g/mol. The smallest absolute Gasteiger partial charge is 0.185 e. The molecule has 0 aromatic carbocycles. The van der Waals surface area contributed by atoms with Crippen molar-refractivity contribution >= 4 is 16.5 Å². The average Bonchev–Trinajstić information content (AvgIpc) is 3.13. The number of rotatable bonds is 5. The molecule has 2 fully saturated rings. The van der Waals surface area contributed by atoms with Gasteiger partial charge in [0, 0.05) is 49.3 Å². The summed E-state index contributed by atoms with van der Waals surface area (Å²) < 4.78 is 0. The Labute approximate surface area is 119 Å². The number of thiazole rings is 1. The van der Waals surface area contributed by atoms with E-state index in [0.717, 1.165) is 38.8 Å². The Balaban J connectivity index is 1.56. The highest BCUT2D eigenvalue weighted by Crippen LogP contribution is 2.26. The molecule has 1 unspecified atom stereocenters. The standard InChI is InChI=1S/C14H24N4S/c1-3-17-6-7-18(10-11(17)2)14-16-9-13(19-14)8-15-12-4-5-12/h9,11-12,15H,3-8,10H2,1-2H3. The number of hydrogen-bond donors (Lipinski definition) is 1. The van der Waals surface area contributed by atoms with Crippen LogP contribution in [0.5, 0.6) is 0 Å². The van der Waals surface area contributed by atoms with Crippen molar-refractivity contribution in [3.05, 3.63) is 11.1 Å². The Kier molecular flexibility index (Phi) is 4.05. The van der Waals surface area contributed by atoms with Gasteiger partial charge in [0.15, 0.2) is 5.13 Å². The maximum absolute atomic E-state index is 4.61. The van der Waals surface area contributed by atoms with E-state index in [2.05, 4.69) is 33.9 Å². The van der Waals surface area contributed by atoms with Gasteiger partial charge >= 0.3 is 0 Å². The Bertz CT molecular complexity index is 415. The third kappa shape index (κ3) is 3.27. The summed E-state index contributed by atoms with van der Waals surface area (Å²) in [5.74, 6) is 0. The fourth-order valence-electron chi connectivity index (χ4n) is 2.70. The number of hydrogen-bond acceptors (Lipinski definition) is 5. The molecule has 0 spiro atoms. The Morgan fingerprint density at radius 1 is 1.42 bits per heavy atom.